The van der Waals surface area contributed by atoms with Crippen LogP contribution in [0.2, 0.25) is 0 Å². The first kappa shape index (κ1) is 23.4. The molecule has 7 heteroatoms. The lowest BCUT2D eigenvalue weighted by molar-refractivity contribution is 0.146. The van der Waals surface area contributed by atoms with Crippen LogP contribution in [0.1, 0.15) is 63.4 Å². The van der Waals surface area contributed by atoms with Crippen LogP contribution in [0.3, 0.4) is 0 Å². The maximum absolute atomic E-state index is 14.8. The first-order valence-electron chi connectivity index (χ1n) is 11.3. The van der Waals surface area contributed by atoms with E-state index in [1.165, 1.54) is 6.07 Å². The van der Waals surface area contributed by atoms with Crippen LogP contribution >= 0.6 is 0 Å². The van der Waals surface area contributed by atoms with E-state index in [1.54, 1.807) is 13.0 Å². The number of hydrogen-bond donors (Lipinski definition) is 2. The third kappa shape index (κ3) is 4.78. The largest absolute Gasteiger partial charge is 0.378 e. The predicted octanol–water partition coefficient (Wildman–Crippen LogP) is 6.32. The maximum Gasteiger partial charge on any atom is 0.266 e. The van der Waals surface area contributed by atoms with E-state index in [0.717, 1.165) is 53.5 Å². The third-order valence-corrected chi connectivity index (χ3v) is 6.28. The van der Waals surface area contributed by atoms with Crippen LogP contribution in [0.5, 0.6) is 0 Å². The fourth-order valence-electron chi connectivity index (χ4n) is 4.32. The van der Waals surface area contributed by atoms with Crippen molar-refractivity contribution < 1.29 is 13.2 Å². The molecular weight excluding hydrogens is 425 g/mol. The van der Waals surface area contributed by atoms with Crippen LogP contribution < -0.4 is 16.0 Å². The molecule has 33 heavy (non-hydrogen) atoms. The molecule has 0 bridgehead atoms. The Morgan fingerprint density at radius 1 is 1.12 bits per heavy atom. The summed E-state index contributed by atoms with van der Waals surface area (Å²) in [6.45, 7) is 9.72. The predicted molar refractivity (Wildman–Crippen MR) is 129 cm³/mol. The van der Waals surface area contributed by atoms with E-state index in [9.17, 15) is 13.2 Å². The first-order chi connectivity index (χ1) is 15.5. The minimum Gasteiger partial charge on any atom is -0.378 e. The van der Waals surface area contributed by atoms with E-state index in [2.05, 4.69) is 43.1 Å². The topological polar surface area (TPSA) is 54.2 Å². The second-order valence-electron chi connectivity index (χ2n) is 9.92. The van der Waals surface area contributed by atoms with Crippen LogP contribution in [-0.4, -0.2) is 24.1 Å². The zero-order valence-corrected chi connectivity index (χ0v) is 19.5. The van der Waals surface area contributed by atoms with Gasteiger partial charge in [0.2, 0.25) is 0 Å². The van der Waals surface area contributed by atoms with Crippen LogP contribution in [0.25, 0.3) is 10.9 Å². The number of rotatable bonds is 5. The molecule has 3 aromatic rings. The number of halogens is 3. The number of alkyl halides is 2. The molecule has 1 saturated heterocycles. The maximum atomic E-state index is 14.8. The van der Waals surface area contributed by atoms with E-state index in [1.807, 2.05) is 12.1 Å². The highest BCUT2D eigenvalue weighted by molar-refractivity contribution is 5.94. The number of hydrogen-bond acceptors (Lipinski definition) is 4. The number of fused-ring (bicyclic) bond motifs is 1. The highest BCUT2D eigenvalue weighted by Crippen LogP contribution is 2.35. The van der Waals surface area contributed by atoms with Gasteiger partial charge in [-0.2, -0.15) is 0 Å². The summed E-state index contributed by atoms with van der Waals surface area (Å²) >= 11 is 0. The Bertz CT molecular complexity index is 1160. The molecule has 1 aliphatic heterocycles. The van der Waals surface area contributed by atoms with E-state index in [-0.39, 0.29) is 17.0 Å². The molecule has 3 N–H and O–H groups in total. The van der Waals surface area contributed by atoms with Crippen molar-refractivity contribution in [3.05, 3.63) is 65.1 Å². The smallest absolute Gasteiger partial charge is 0.266 e. The molecule has 0 amide bonds. The summed E-state index contributed by atoms with van der Waals surface area (Å²) < 4.78 is 41.3. The van der Waals surface area contributed by atoms with Gasteiger partial charge in [0, 0.05) is 52.6 Å². The van der Waals surface area contributed by atoms with Crippen molar-refractivity contribution in [1.82, 2.24) is 4.98 Å². The van der Waals surface area contributed by atoms with E-state index in [4.69, 9.17) is 10.7 Å². The summed E-state index contributed by atoms with van der Waals surface area (Å²) in [6.07, 6.45) is -1.91. The highest BCUT2D eigenvalue weighted by Gasteiger charge is 2.24. The molecule has 0 radical (unpaired) electrons. The SMILES string of the molecule is C[C@@H](Nc1cc(C(C)(C)C)nc2ccc(N3CC[C@@H](N)C3)cc12)c1cccc(C(F)F)c1F. The fraction of sp³-hybridized carbons (Fsp3) is 0.423. The van der Waals surface area contributed by atoms with Gasteiger partial charge < -0.3 is 16.0 Å². The van der Waals surface area contributed by atoms with Gasteiger partial charge in [0.25, 0.3) is 6.43 Å². The van der Waals surface area contributed by atoms with E-state index in [0.29, 0.717) is 0 Å². The number of nitrogens with one attached hydrogen (secondary N) is 1. The van der Waals surface area contributed by atoms with Gasteiger partial charge in [0.05, 0.1) is 17.1 Å². The second kappa shape index (κ2) is 8.86. The molecule has 4 rings (SSSR count). The van der Waals surface area contributed by atoms with Gasteiger partial charge >= 0.3 is 0 Å². The zero-order chi connectivity index (χ0) is 23.9. The first-order valence-corrected chi connectivity index (χ1v) is 11.3. The van der Waals surface area contributed by atoms with Crippen molar-refractivity contribution in [1.29, 1.82) is 0 Å². The quantitative estimate of drug-likeness (QED) is 0.472. The molecule has 1 aliphatic rings. The van der Waals surface area contributed by atoms with Crippen molar-refractivity contribution >= 4 is 22.3 Å². The van der Waals surface area contributed by atoms with Crippen molar-refractivity contribution in [2.45, 2.75) is 58.0 Å². The molecule has 2 aromatic carbocycles. The second-order valence-corrected chi connectivity index (χ2v) is 9.92. The van der Waals surface area contributed by atoms with Crippen LogP contribution in [0, 0.1) is 5.82 Å². The number of benzene rings is 2. The molecule has 1 fully saturated rings. The van der Waals surface area contributed by atoms with Crippen molar-refractivity contribution in [3.63, 3.8) is 0 Å². The van der Waals surface area contributed by atoms with Crippen LogP contribution in [-0.2, 0) is 5.41 Å². The van der Waals surface area contributed by atoms with E-state index >= 15 is 0 Å². The van der Waals surface area contributed by atoms with Gasteiger partial charge in [-0.15, -0.1) is 0 Å². The molecule has 0 spiro atoms. The lowest BCUT2D eigenvalue weighted by Gasteiger charge is -2.24. The Kier molecular flexibility index (Phi) is 6.27. The van der Waals surface area contributed by atoms with Gasteiger partial charge in [-0.05, 0) is 37.6 Å². The Labute approximate surface area is 193 Å². The molecule has 0 saturated carbocycles. The lowest BCUT2D eigenvalue weighted by Crippen LogP contribution is -2.26. The standard InChI is InChI=1S/C26H31F3N4/c1-15(18-6-5-7-19(24(18)27)25(28)29)31-22-13-23(26(2,3)4)32-21-9-8-17(12-20(21)22)33-11-10-16(30)14-33/h5-9,12-13,15-16,25H,10-11,14,30H2,1-4H3,(H,31,32)/t15-,16-/m1/s1. The molecule has 0 unspecified atom stereocenters. The molecule has 176 valence electrons. The van der Waals surface area contributed by atoms with Gasteiger partial charge in [-0.3, -0.25) is 4.98 Å². The molecule has 4 nitrogen and oxygen atoms in total. The normalized spacial score (nSPS) is 17.7. The van der Waals surface area contributed by atoms with Gasteiger partial charge in [-0.1, -0.05) is 39.0 Å². The average Bonchev–Trinajstić information content (AvgIpc) is 3.18. The highest BCUT2D eigenvalue weighted by atomic mass is 19.3. The van der Waals surface area contributed by atoms with Crippen molar-refractivity contribution in [2.75, 3.05) is 23.3 Å². The minimum absolute atomic E-state index is 0.157. The molecular formula is C26H31F3N4. The molecule has 0 aliphatic carbocycles. The monoisotopic (exact) mass is 456 g/mol. The Hall–Kier alpha value is -2.80. The summed E-state index contributed by atoms with van der Waals surface area (Å²) in [5.74, 6) is -0.867. The molecule has 2 atom stereocenters. The summed E-state index contributed by atoms with van der Waals surface area (Å²) in [5.41, 5.74) is 9.09. The number of nitrogens with zero attached hydrogens (tertiary/aromatic N) is 2. The third-order valence-electron chi connectivity index (χ3n) is 6.28. The summed E-state index contributed by atoms with van der Waals surface area (Å²) in [4.78, 5) is 7.12. The van der Waals surface area contributed by atoms with Gasteiger partial charge in [-0.25, -0.2) is 13.2 Å². The number of anilines is 2. The average molecular weight is 457 g/mol. The number of aromatic nitrogens is 1. The van der Waals surface area contributed by atoms with Crippen LogP contribution in [0.15, 0.2) is 42.5 Å². The van der Waals surface area contributed by atoms with Gasteiger partial charge in [0.15, 0.2) is 0 Å². The summed E-state index contributed by atoms with van der Waals surface area (Å²) in [7, 11) is 0. The van der Waals surface area contributed by atoms with Gasteiger partial charge in [0.1, 0.15) is 5.82 Å². The molecule has 2 heterocycles. The zero-order valence-electron chi connectivity index (χ0n) is 19.5. The molecule has 1 aromatic heterocycles. The summed E-state index contributed by atoms with van der Waals surface area (Å²) in [5, 5.41) is 4.28. The Balaban J connectivity index is 1.78. The number of pyridine rings is 1. The van der Waals surface area contributed by atoms with E-state index < -0.39 is 23.8 Å². The number of nitrogens with two attached hydrogens (primary N) is 1. The van der Waals surface area contributed by atoms with Crippen molar-refractivity contribution in [2.24, 2.45) is 5.73 Å². The van der Waals surface area contributed by atoms with Crippen molar-refractivity contribution in [3.8, 4) is 0 Å². The van der Waals surface area contributed by atoms with Crippen LogP contribution in [0.4, 0.5) is 24.5 Å². The Morgan fingerprint density at radius 2 is 1.85 bits per heavy atom. The minimum atomic E-state index is -2.86. The lowest BCUT2D eigenvalue weighted by atomic mass is 9.90. The Morgan fingerprint density at radius 3 is 2.48 bits per heavy atom. The fourth-order valence-corrected chi connectivity index (χ4v) is 4.32. The summed E-state index contributed by atoms with van der Waals surface area (Å²) in [6, 6.07) is 11.9.